The molecule has 0 spiro atoms. The number of benzene rings is 2. The zero-order chi connectivity index (χ0) is 25.9. The molecule has 0 amide bonds. The maximum absolute atomic E-state index is 14.1. The van der Waals surface area contributed by atoms with Crippen molar-refractivity contribution in [1.29, 1.82) is 0 Å². The molecule has 2 aromatic carbocycles. The van der Waals surface area contributed by atoms with Crippen molar-refractivity contribution < 1.29 is 13.5 Å². The maximum atomic E-state index is 14.1. The third-order valence-corrected chi connectivity index (χ3v) is 7.19. The van der Waals surface area contributed by atoms with E-state index in [9.17, 15) is 8.78 Å². The quantitative estimate of drug-likeness (QED) is 0.340. The molecule has 10 heteroatoms. The summed E-state index contributed by atoms with van der Waals surface area (Å²) in [6, 6.07) is 20.0. The van der Waals surface area contributed by atoms with Gasteiger partial charge in [0, 0.05) is 31.2 Å². The molecule has 3 heterocycles. The molecule has 2 aliphatic rings. The van der Waals surface area contributed by atoms with Crippen LogP contribution >= 0.6 is 0 Å². The van der Waals surface area contributed by atoms with Crippen LogP contribution in [0.5, 0.6) is 0 Å². The summed E-state index contributed by atoms with van der Waals surface area (Å²) >= 11 is 0. The number of halogens is 2. The fourth-order valence-corrected chi connectivity index (χ4v) is 5.12. The van der Waals surface area contributed by atoms with Crippen LogP contribution in [-0.4, -0.2) is 64.5 Å². The van der Waals surface area contributed by atoms with E-state index in [2.05, 4.69) is 39.9 Å². The predicted molar refractivity (Wildman–Crippen MR) is 143 cm³/mol. The molecule has 0 unspecified atom stereocenters. The second-order valence-corrected chi connectivity index (χ2v) is 9.80. The predicted octanol–water partition coefficient (Wildman–Crippen LogP) is 4.36. The monoisotopic (exact) mass is 519 g/mol. The van der Waals surface area contributed by atoms with Crippen molar-refractivity contribution >= 4 is 22.8 Å². The van der Waals surface area contributed by atoms with Crippen molar-refractivity contribution in [2.75, 3.05) is 43.1 Å². The summed E-state index contributed by atoms with van der Waals surface area (Å²) in [5, 5.41) is 7.15. The highest BCUT2D eigenvalue weighted by atomic mass is 19.3. The number of imidazole rings is 1. The molecule has 38 heavy (non-hydrogen) atoms. The standard InChI is InChI=1S/C28H31F2N7O/c29-26(30)27-33-22-8-4-5-9-23(22)37(27)25-18-24(34-28(35-25)36-12-14-38-15-13-36)32-21-16-20(17-21)31-11-10-19-6-2-1-3-7-19/h1-9,18,20-21,26,31H,10-17H2,(H,32,34,35). The Balaban J connectivity index is 1.21. The Bertz CT molecular complexity index is 1370. The lowest BCUT2D eigenvalue weighted by molar-refractivity contribution is 0.122. The van der Waals surface area contributed by atoms with Gasteiger partial charge in [0.2, 0.25) is 5.95 Å². The topological polar surface area (TPSA) is 80.1 Å². The summed E-state index contributed by atoms with van der Waals surface area (Å²) < 4.78 is 35.1. The zero-order valence-corrected chi connectivity index (χ0v) is 21.1. The molecule has 198 valence electrons. The van der Waals surface area contributed by atoms with Gasteiger partial charge in [-0.2, -0.15) is 9.97 Å². The Labute approximate surface area is 220 Å². The first-order valence-corrected chi connectivity index (χ1v) is 13.2. The molecular formula is C28H31F2N7O. The van der Waals surface area contributed by atoms with E-state index >= 15 is 0 Å². The minimum Gasteiger partial charge on any atom is -0.378 e. The number of hydrogen-bond donors (Lipinski definition) is 2. The fourth-order valence-electron chi connectivity index (χ4n) is 5.12. The van der Waals surface area contributed by atoms with Crippen LogP contribution in [0.1, 0.15) is 30.7 Å². The molecule has 2 N–H and O–H groups in total. The van der Waals surface area contributed by atoms with E-state index in [-0.39, 0.29) is 11.9 Å². The summed E-state index contributed by atoms with van der Waals surface area (Å²) in [5.41, 5.74) is 2.42. The Kier molecular flexibility index (Phi) is 7.15. The van der Waals surface area contributed by atoms with Gasteiger partial charge in [0.15, 0.2) is 5.82 Å². The van der Waals surface area contributed by atoms with Crippen molar-refractivity contribution in [3.8, 4) is 5.82 Å². The van der Waals surface area contributed by atoms with E-state index in [1.54, 1.807) is 24.3 Å². The van der Waals surface area contributed by atoms with Crippen LogP contribution in [0.4, 0.5) is 20.5 Å². The maximum Gasteiger partial charge on any atom is 0.296 e. The van der Waals surface area contributed by atoms with Gasteiger partial charge in [-0.25, -0.2) is 13.8 Å². The minimum atomic E-state index is -2.74. The summed E-state index contributed by atoms with van der Waals surface area (Å²) in [7, 11) is 0. The number of nitrogens with one attached hydrogen (secondary N) is 2. The van der Waals surface area contributed by atoms with Crippen molar-refractivity contribution in [2.24, 2.45) is 0 Å². The SMILES string of the molecule is FC(F)c1nc2ccccc2n1-c1cc(NC2CC(NCCc3ccccc3)C2)nc(N2CCOCC2)n1. The molecule has 0 radical (unpaired) electrons. The summed E-state index contributed by atoms with van der Waals surface area (Å²) in [6.45, 7) is 3.37. The smallest absolute Gasteiger partial charge is 0.296 e. The number of hydrogen-bond acceptors (Lipinski definition) is 7. The van der Waals surface area contributed by atoms with E-state index < -0.39 is 6.43 Å². The van der Waals surface area contributed by atoms with Crippen molar-refractivity contribution in [3.63, 3.8) is 0 Å². The van der Waals surface area contributed by atoms with Crippen molar-refractivity contribution in [1.82, 2.24) is 24.8 Å². The van der Waals surface area contributed by atoms with Crippen LogP contribution < -0.4 is 15.5 Å². The Morgan fingerprint density at radius 3 is 2.47 bits per heavy atom. The first-order chi connectivity index (χ1) is 18.6. The molecule has 1 saturated heterocycles. The molecule has 1 saturated carbocycles. The molecule has 2 aromatic heterocycles. The lowest BCUT2D eigenvalue weighted by Gasteiger charge is -2.37. The number of rotatable bonds is 9. The highest BCUT2D eigenvalue weighted by Gasteiger charge is 2.30. The third-order valence-electron chi connectivity index (χ3n) is 7.19. The van der Waals surface area contributed by atoms with E-state index in [1.807, 2.05) is 17.0 Å². The van der Waals surface area contributed by atoms with Gasteiger partial charge in [-0.1, -0.05) is 42.5 Å². The number of fused-ring (bicyclic) bond motifs is 1. The zero-order valence-electron chi connectivity index (χ0n) is 21.1. The average Bonchev–Trinajstić information content (AvgIpc) is 3.33. The summed E-state index contributed by atoms with van der Waals surface area (Å²) in [6.07, 6.45) is 0.197. The molecule has 6 rings (SSSR count). The molecule has 8 nitrogen and oxygen atoms in total. The molecule has 1 aliphatic carbocycles. The van der Waals surface area contributed by atoms with Gasteiger partial charge in [0.1, 0.15) is 11.6 Å². The van der Waals surface area contributed by atoms with E-state index in [0.717, 1.165) is 25.8 Å². The van der Waals surface area contributed by atoms with E-state index in [4.69, 9.17) is 14.7 Å². The second kappa shape index (κ2) is 11.0. The number of nitrogens with zero attached hydrogens (tertiary/aromatic N) is 5. The number of anilines is 2. The van der Waals surface area contributed by atoms with Crippen LogP contribution in [0.2, 0.25) is 0 Å². The highest BCUT2D eigenvalue weighted by molar-refractivity contribution is 5.78. The molecule has 4 aromatic rings. The van der Waals surface area contributed by atoms with Gasteiger partial charge in [-0.3, -0.25) is 4.57 Å². The number of ether oxygens (including phenoxy) is 1. The Morgan fingerprint density at radius 2 is 1.68 bits per heavy atom. The van der Waals surface area contributed by atoms with E-state index in [0.29, 0.717) is 61.0 Å². The number of morpholine rings is 1. The van der Waals surface area contributed by atoms with Crippen molar-refractivity contribution in [2.45, 2.75) is 37.8 Å². The first-order valence-electron chi connectivity index (χ1n) is 13.2. The largest absolute Gasteiger partial charge is 0.378 e. The molecular weight excluding hydrogens is 488 g/mol. The highest BCUT2D eigenvalue weighted by Crippen LogP contribution is 2.30. The molecule has 2 fully saturated rings. The second-order valence-electron chi connectivity index (χ2n) is 9.80. The molecule has 0 atom stereocenters. The summed E-state index contributed by atoms with van der Waals surface area (Å²) in [5.74, 6) is 1.19. The van der Waals surface area contributed by atoms with Gasteiger partial charge in [-0.05, 0) is 43.5 Å². The third kappa shape index (κ3) is 5.32. The van der Waals surface area contributed by atoms with E-state index in [1.165, 1.54) is 10.1 Å². The van der Waals surface area contributed by atoms with Crippen LogP contribution in [0.3, 0.4) is 0 Å². The fraction of sp³-hybridized carbons (Fsp3) is 0.393. The van der Waals surface area contributed by atoms with Crippen LogP contribution in [0.15, 0.2) is 60.7 Å². The van der Waals surface area contributed by atoms with Gasteiger partial charge >= 0.3 is 0 Å². The first kappa shape index (κ1) is 24.7. The lowest BCUT2D eigenvalue weighted by Crippen LogP contribution is -2.48. The van der Waals surface area contributed by atoms with Crippen LogP contribution in [0, 0.1) is 0 Å². The van der Waals surface area contributed by atoms with Gasteiger partial charge in [0.05, 0.1) is 24.2 Å². The number of aromatic nitrogens is 4. The molecule has 0 bridgehead atoms. The number of alkyl halides is 2. The van der Waals surface area contributed by atoms with Gasteiger partial charge in [-0.15, -0.1) is 0 Å². The van der Waals surface area contributed by atoms with Crippen LogP contribution in [-0.2, 0) is 11.2 Å². The Morgan fingerprint density at radius 1 is 0.921 bits per heavy atom. The lowest BCUT2D eigenvalue weighted by atomic mass is 9.86. The van der Waals surface area contributed by atoms with Crippen molar-refractivity contribution in [3.05, 3.63) is 72.1 Å². The molecule has 1 aliphatic heterocycles. The summed E-state index contributed by atoms with van der Waals surface area (Å²) in [4.78, 5) is 15.7. The van der Waals surface area contributed by atoms with Gasteiger partial charge in [0.25, 0.3) is 6.43 Å². The van der Waals surface area contributed by atoms with Gasteiger partial charge < -0.3 is 20.3 Å². The number of para-hydroxylation sites is 2. The minimum absolute atomic E-state index is 0.249. The van der Waals surface area contributed by atoms with Crippen LogP contribution in [0.25, 0.3) is 16.9 Å². The average molecular weight is 520 g/mol. The Hall–Kier alpha value is -3.63. The normalized spacial score (nSPS) is 19.6.